The molecular weight excluding hydrogens is 414 g/mol. The number of rotatable bonds is 5. The molecule has 2 aliphatic heterocycles. The fourth-order valence-corrected chi connectivity index (χ4v) is 4.63. The molecule has 7 nitrogen and oxygen atoms in total. The third-order valence-corrected chi connectivity index (χ3v) is 6.21. The molecule has 2 N–H and O–H groups in total. The SMILES string of the molecule is Cc1ccc(OCC(=O)Nc2ccc3nc(N4CC5CC4CN5)nc(C)c3c2)c(Cl)c1. The van der Waals surface area contributed by atoms with E-state index in [-0.39, 0.29) is 12.5 Å². The van der Waals surface area contributed by atoms with Crippen LogP contribution in [-0.2, 0) is 4.79 Å². The number of carbonyl (C=O) groups is 1. The predicted octanol–water partition coefficient (Wildman–Crippen LogP) is 3.47. The van der Waals surface area contributed by atoms with Crippen molar-refractivity contribution in [1.29, 1.82) is 0 Å². The number of piperazine rings is 1. The van der Waals surface area contributed by atoms with Crippen LogP contribution >= 0.6 is 11.6 Å². The van der Waals surface area contributed by atoms with Crippen molar-refractivity contribution in [3.8, 4) is 5.75 Å². The third-order valence-electron chi connectivity index (χ3n) is 5.92. The lowest BCUT2D eigenvalue weighted by Crippen LogP contribution is -2.44. The second-order valence-corrected chi connectivity index (χ2v) is 8.67. The number of ether oxygens (including phenoxy) is 1. The molecule has 2 saturated heterocycles. The Hall–Kier alpha value is -2.90. The molecule has 2 atom stereocenters. The minimum absolute atomic E-state index is 0.124. The highest BCUT2D eigenvalue weighted by Crippen LogP contribution is 2.30. The van der Waals surface area contributed by atoms with Crippen molar-refractivity contribution < 1.29 is 9.53 Å². The highest BCUT2D eigenvalue weighted by Gasteiger charge is 2.39. The first-order chi connectivity index (χ1) is 15.0. The van der Waals surface area contributed by atoms with Gasteiger partial charge in [0.1, 0.15) is 5.75 Å². The molecule has 2 aliphatic rings. The van der Waals surface area contributed by atoms with Gasteiger partial charge in [-0.15, -0.1) is 0 Å². The number of anilines is 2. The largest absolute Gasteiger partial charge is 0.482 e. The standard InChI is InChI=1S/C23H24ClN5O2/c1-13-3-6-21(19(24)7-13)31-12-22(30)27-15-4-5-20-18(9-15)14(2)26-23(28-20)29-11-16-8-17(29)10-25-16/h3-7,9,16-17,25H,8,10-12H2,1-2H3,(H,27,30). The number of carbonyl (C=O) groups excluding carboxylic acids is 1. The summed E-state index contributed by atoms with van der Waals surface area (Å²) in [7, 11) is 0. The Labute approximate surface area is 185 Å². The van der Waals surface area contributed by atoms with Gasteiger partial charge < -0.3 is 20.3 Å². The third kappa shape index (κ3) is 4.03. The van der Waals surface area contributed by atoms with Gasteiger partial charge >= 0.3 is 0 Å². The van der Waals surface area contributed by atoms with Crippen LogP contribution in [0.3, 0.4) is 0 Å². The van der Waals surface area contributed by atoms with E-state index in [1.54, 1.807) is 12.1 Å². The van der Waals surface area contributed by atoms with Crippen LogP contribution in [0.25, 0.3) is 10.9 Å². The number of halogens is 1. The number of nitrogens with one attached hydrogen (secondary N) is 2. The molecule has 3 aromatic rings. The number of aromatic nitrogens is 2. The molecule has 2 aromatic carbocycles. The summed E-state index contributed by atoms with van der Waals surface area (Å²) in [6.07, 6.45) is 1.15. The van der Waals surface area contributed by atoms with Crippen LogP contribution < -0.4 is 20.3 Å². The normalized spacial score (nSPS) is 19.8. The number of hydrogen-bond donors (Lipinski definition) is 2. The highest BCUT2D eigenvalue weighted by atomic mass is 35.5. The Balaban J connectivity index is 1.28. The van der Waals surface area contributed by atoms with Crippen molar-refractivity contribution in [1.82, 2.24) is 15.3 Å². The summed E-state index contributed by atoms with van der Waals surface area (Å²) < 4.78 is 5.55. The van der Waals surface area contributed by atoms with Gasteiger partial charge in [-0.1, -0.05) is 17.7 Å². The van der Waals surface area contributed by atoms with E-state index in [0.29, 0.717) is 28.5 Å². The maximum absolute atomic E-state index is 12.4. The molecule has 3 heterocycles. The first-order valence-electron chi connectivity index (χ1n) is 10.4. The molecule has 8 heteroatoms. The zero-order valence-corrected chi connectivity index (χ0v) is 18.2. The van der Waals surface area contributed by atoms with E-state index in [0.717, 1.165) is 47.6 Å². The number of amides is 1. The fraction of sp³-hybridized carbons (Fsp3) is 0.348. The first kappa shape index (κ1) is 20.0. The van der Waals surface area contributed by atoms with Crippen molar-refractivity contribution in [2.45, 2.75) is 32.4 Å². The Morgan fingerprint density at radius 1 is 1.26 bits per heavy atom. The molecular formula is C23H24ClN5O2. The lowest BCUT2D eigenvalue weighted by atomic mass is 10.1. The number of nitrogens with zero attached hydrogens (tertiary/aromatic N) is 3. The van der Waals surface area contributed by atoms with E-state index < -0.39 is 0 Å². The minimum Gasteiger partial charge on any atom is -0.482 e. The maximum Gasteiger partial charge on any atom is 0.262 e. The van der Waals surface area contributed by atoms with Gasteiger partial charge in [-0.05, 0) is 56.2 Å². The van der Waals surface area contributed by atoms with Crippen LogP contribution in [0.4, 0.5) is 11.6 Å². The van der Waals surface area contributed by atoms with Gasteiger partial charge in [0.05, 0.1) is 16.2 Å². The summed E-state index contributed by atoms with van der Waals surface area (Å²) in [5, 5.41) is 7.79. The van der Waals surface area contributed by atoms with Crippen molar-refractivity contribution in [3.05, 3.63) is 52.7 Å². The van der Waals surface area contributed by atoms with E-state index in [4.69, 9.17) is 26.3 Å². The molecule has 0 aliphatic carbocycles. The summed E-state index contributed by atoms with van der Waals surface area (Å²) in [5.74, 6) is 1.02. The molecule has 160 valence electrons. The molecule has 2 bridgehead atoms. The Morgan fingerprint density at radius 2 is 2.13 bits per heavy atom. The quantitative estimate of drug-likeness (QED) is 0.636. The van der Waals surface area contributed by atoms with Gasteiger partial charge in [-0.2, -0.15) is 0 Å². The predicted molar refractivity (Wildman–Crippen MR) is 122 cm³/mol. The number of benzene rings is 2. The number of fused-ring (bicyclic) bond motifs is 3. The Morgan fingerprint density at radius 3 is 2.87 bits per heavy atom. The lowest BCUT2D eigenvalue weighted by molar-refractivity contribution is -0.118. The molecule has 5 rings (SSSR count). The van der Waals surface area contributed by atoms with Gasteiger partial charge in [0.25, 0.3) is 5.91 Å². The number of aryl methyl sites for hydroxylation is 2. The number of hydrogen-bond acceptors (Lipinski definition) is 6. The first-order valence-corrected chi connectivity index (χ1v) is 10.8. The van der Waals surface area contributed by atoms with E-state index in [1.165, 1.54) is 0 Å². The van der Waals surface area contributed by atoms with Crippen LogP contribution in [0.15, 0.2) is 36.4 Å². The van der Waals surface area contributed by atoms with Crippen LogP contribution in [0, 0.1) is 13.8 Å². The topological polar surface area (TPSA) is 79.4 Å². The van der Waals surface area contributed by atoms with Gasteiger partial charge in [-0.25, -0.2) is 9.97 Å². The van der Waals surface area contributed by atoms with E-state index >= 15 is 0 Å². The smallest absolute Gasteiger partial charge is 0.262 e. The molecule has 2 unspecified atom stereocenters. The van der Waals surface area contributed by atoms with Crippen molar-refractivity contribution >= 4 is 40.0 Å². The van der Waals surface area contributed by atoms with Gasteiger partial charge in [0, 0.05) is 36.2 Å². The van der Waals surface area contributed by atoms with E-state index in [2.05, 4.69) is 15.5 Å². The molecule has 1 aromatic heterocycles. The minimum atomic E-state index is -0.258. The summed E-state index contributed by atoms with van der Waals surface area (Å²) in [6, 6.07) is 12.2. The Bertz CT molecular complexity index is 1170. The Kier molecular flexibility index (Phi) is 5.16. The van der Waals surface area contributed by atoms with Crippen molar-refractivity contribution in [3.63, 3.8) is 0 Å². The van der Waals surface area contributed by atoms with Crippen LogP contribution in [-0.4, -0.2) is 47.7 Å². The van der Waals surface area contributed by atoms with Crippen LogP contribution in [0.5, 0.6) is 5.75 Å². The van der Waals surface area contributed by atoms with Crippen LogP contribution in [0.1, 0.15) is 17.7 Å². The zero-order valence-electron chi connectivity index (χ0n) is 17.5. The second kappa shape index (κ2) is 7.98. The lowest BCUT2D eigenvalue weighted by Gasteiger charge is -2.27. The van der Waals surface area contributed by atoms with Gasteiger partial charge in [-0.3, -0.25) is 4.79 Å². The van der Waals surface area contributed by atoms with Gasteiger partial charge in [0.15, 0.2) is 6.61 Å². The molecule has 0 spiro atoms. The summed E-state index contributed by atoms with van der Waals surface area (Å²) in [6.45, 7) is 5.75. The fourth-order valence-electron chi connectivity index (χ4n) is 4.34. The molecule has 2 fully saturated rings. The maximum atomic E-state index is 12.4. The average molecular weight is 438 g/mol. The molecule has 0 radical (unpaired) electrons. The molecule has 1 amide bonds. The molecule has 31 heavy (non-hydrogen) atoms. The van der Waals surface area contributed by atoms with E-state index in [1.807, 2.05) is 38.1 Å². The second-order valence-electron chi connectivity index (χ2n) is 8.26. The average Bonchev–Trinajstić information content (AvgIpc) is 3.37. The van der Waals surface area contributed by atoms with Crippen molar-refractivity contribution in [2.75, 3.05) is 29.9 Å². The highest BCUT2D eigenvalue weighted by molar-refractivity contribution is 6.32. The summed E-state index contributed by atoms with van der Waals surface area (Å²) in [5.41, 5.74) is 3.49. The summed E-state index contributed by atoms with van der Waals surface area (Å²) >= 11 is 6.16. The molecule has 0 saturated carbocycles. The monoisotopic (exact) mass is 437 g/mol. The van der Waals surface area contributed by atoms with E-state index in [9.17, 15) is 4.79 Å². The van der Waals surface area contributed by atoms with Crippen LogP contribution in [0.2, 0.25) is 5.02 Å². The van der Waals surface area contributed by atoms with Crippen molar-refractivity contribution in [2.24, 2.45) is 0 Å². The van der Waals surface area contributed by atoms with Gasteiger partial charge in [0.2, 0.25) is 5.95 Å². The zero-order chi connectivity index (χ0) is 21.5. The summed E-state index contributed by atoms with van der Waals surface area (Å²) in [4.78, 5) is 24.2.